The number of thiophene rings is 1. The number of nitriles is 1. The second-order valence-electron chi connectivity index (χ2n) is 6.22. The predicted molar refractivity (Wildman–Crippen MR) is 112 cm³/mol. The van der Waals surface area contributed by atoms with Gasteiger partial charge in [0.15, 0.2) is 0 Å². The van der Waals surface area contributed by atoms with Crippen LogP contribution in [0, 0.1) is 11.3 Å². The highest BCUT2D eigenvalue weighted by atomic mass is 32.2. The molecule has 1 aliphatic carbocycles. The maximum absolute atomic E-state index is 12.6. The molecule has 2 aliphatic rings. The molecule has 0 radical (unpaired) electrons. The molecule has 1 aromatic carbocycles. The Morgan fingerprint density at radius 2 is 2.23 bits per heavy atom. The number of nitrogens with one attached hydrogen (secondary N) is 1. The van der Waals surface area contributed by atoms with Crippen LogP contribution in [-0.2, 0) is 23.4 Å². The van der Waals surface area contributed by atoms with Gasteiger partial charge in [-0.1, -0.05) is 41.7 Å². The van der Waals surface area contributed by atoms with Gasteiger partial charge < -0.3 is 5.32 Å². The van der Waals surface area contributed by atoms with Gasteiger partial charge in [-0.05, 0) is 43.4 Å². The zero-order chi connectivity index (χ0) is 18.1. The Bertz CT molecular complexity index is 942. The molecular formula is C19H17N3OS3. The van der Waals surface area contributed by atoms with E-state index in [0.29, 0.717) is 10.6 Å². The van der Waals surface area contributed by atoms with Crippen molar-refractivity contribution in [1.82, 2.24) is 0 Å². The van der Waals surface area contributed by atoms with Crippen molar-refractivity contribution in [2.75, 3.05) is 5.32 Å². The molecule has 1 aromatic heterocycles. The van der Waals surface area contributed by atoms with Crippen molar-refractivity contribution >= 4 is 55.8 Å². The lowest BCUT2D eigenvalue weighted by atomic mass is 10.1. The minimum absolute atomic E-state index is 0.0754. The van der Waals surface area contributed by atoms with Crippen molar-refractivity contribution in [3.05, 3.63) is 45.8 Å². The summed E-state index contributed by atoms with van der Waals surface area (Å²) in [6.07, 6.45) is 3.07. The van der Waals surface area contributed by atoms with E-state index in [9.17, 15) is 10.1 Å². The van der Waals surface area contributed by atoms with Crippen molar-refractivity contribution in [3.63, 3.8) is 0 Å². The number of fused-ring (bicyclic) bond motifs is 2. The second-order valence-corrected chi connectivity index (χ2v) is 9.87. The third-order valence-electron chi connectivity index (χ3n) is 4.47. The van der Waals surface area contributed by atoms with Crippen LogP contribution in [0.5, 0.6) is 0 Å². The topological polar surface area (TPSA) is 65.2 Å². The number of benzene rings is 1. The lowest BCUT2D eigenvalue weighted by molar-refractivity contribution is -0.115. The maximum atomic E-state index is 12.6. The van der Waals surface area contributed by atoms with Gasteiger partial charge in [0.1, 0.15) is 15.4 Å². The first kappa shape index (κ1) is 17.7. The summed E-state index contributed by atoms with van der Waals surface area (Å²) < 4.78 is 0.917. The molecule has 132 valence electrons. The maximum Gasteiger partial charge on any atom is 0.238 e. The lowest BCUT2D eigenvalue weighted by Crippen LogP contribution is -2.23. The predicted octanol–water partition coefficient (Wildman–Crippen LogP) is 5.10. The Labute approximate surface area is 165 Å². The molecule has 7 heteroatoms. The summed E-state index contributed by atoms with van der Waals surface area (Å²) in [4.78, 5) is 18.5. The summed E-state index contributed by atoms with van der Waals surface area (Å²) in [6.45, 7) is 1.89. The first-order chi connectivity index (χ1) is 12.7. The number of para-hydroxylation sites is 1. The van der Waals surface area contributed by atoms with E-state index >= 15 is 0 Å². The minimum Gasteiger partial charge on any atom is -0.316 e. The van der Waals surface area contributed by atoms with E-state index in [1.807, 2.05) is 25.1 Å². The van der Waals surface area contributed by atoms with Gasteiger partial charge in [0, 0.05) is 10.6 Å². The molecule has 4 rings (SSSR count). The number of aliphatic imine (C=N–C) groups is 1. The number of carbonyl (C=O) groups is 1. The number of aryl methyl sites for hydroxylation is 1. The lowest BCUT2D eigenvalue weighted by Gasteiger charge is -2.17. The van der Waals surface area contributed by atoms with E-state index in [2.05, 4.69) is 22.4 Å². The molecule has 0 fully saturated rings. The van der Waals surface area contributed by atoms with E-state index < -0.39 is 0 Å². The number of carbonyl (C=O) groups excluding carboxylic acids is 1. The van der Waals surface area contributed by atoms with Crippen LogP contribution in [-0.4, -0.2) is 15.5 Å². The van der Waals surface area contributed by atoms with E-state index in [1.165, 1.54) is 22.2 Å². The van der Waals surface area contributed by atoms with Gasteiger partial charge in [0.2, 0.25) is 5.91 Å². The molecule has 0 saturated carbocycles. The average Bonchev–Trinajstić information content (AvgIpc) is 3.22. The van der Waals surface area contributed by atoms with Gasteiger partial charge in [-0.2, -0.15) is 5.26 Å². The summed E-state index contributed by atoms with van der Waals surface area (Å²) in [5, 5.41) is 12.9. The zero-order valence-electron chi connectivity index (χ0n) is 14.2. The van der Waals surface area contributed by atoms with Crippen LogP contribution < -0.4 is 5.32 Å². The van der Waals surface area contributed by atoms with Gasteiger partial charge in [0.25, 0.3) is 0 Å². The van der Waals surface area contributed by atoms with Gasteiger partial charge in [-0.3, -0.25) is 4.79 Å². The largest absolute Gasteiger partial charge is 0.316 e. The fourth-order valence-electron chi connectivity index (χ4n) is 3.10. The van der Waals surface area contributed by atoms with Gasteiger partial charge >= 0.3 is 0 Å². The summed E-state index contributed by atoms with van der Waals surface area (Å²) in [5.41, 5.74) is 4.01. The first-order valence-electron chi connectivity index (χ1n) is 8.47. The highest BCUT2D eigenvalue weighted by molar-refractivity contribution is 8.39. The van der Waals surface area contributed by atoms with Crippen molar-refractivity contribution in [1.29, 1.82) is 5.26 Å². The molecule has 1 atom stereocenters. The molecule has 26 heavy (non-hydrogen) atoms. The number of nitrogens with zero attached hydrogens (tertiary/aromatic N) is 2. The number of hydrogen-bond donors (Lipinski definition) is 1. The monoisotopic (exact) mass is 399 g/mol. The fraction of sp³-hybridized carbons (Fsp3) is 0.316. The summed E-state index contributed by atoms with van der Waals surface area (Å²) in [6, 6.07) is 10.4. The number of amides is 1. The molecule has 0 spiro atoms. The zero-order valence-corrected chi connectivity index (χ0v) is 16.7. The molecule has 1 aliphatic heterocycles. The minimum atomic E-state index is -0.269. The molecule has 2 heterocycles. The number of anilines is 1. The molecule has 0 saturated heterocycles. The highest BCUT2D eigenvalue weighted by Crippen LogP contribution is 2.39. The average molecular weight is 400 g/mol. The first-order valence-corrected chi connectivity index (χ1v) is 11.2. The summed E-state index contributed by atoms with van der Waals surface area (Å²) >= 11 is 4.70. The van der Waals surface area contributed by atoms with E-state index in [-0.39, 0.29) is 11.2 Å². The fourth-order valence-corrected chi connectivity index (χ4v) is 6.53. The SMILES string of the molecule is C[C@H](SC1=Nc2ccccc2CS1)C(=O)Nc1sc2c(c1C#N)CCC2. The van der Waals surface area contributed by atoms with E-state index in [0.717, 1.165) is 40.6 Å². The molecular weight excluding hydrogens is 382 g/mol. The van der Waals surface area contributed by atoms with Crippen LogP contribution in [0.2, 0.25) is 0 Å². The summed E-state index contributed by atoms with van der Waals surface area (Å²) in [7, 11) is 0. The third kappa shape index (κ3) is 3.41. The Hall–Kier alpha value is -1.75. The Morgan fingerprint density at radius 3 is 3.08 bits per heavy atom. The second kappa shape index (κ2) is 7.47. The van der Waals surface area contributed by atoms with Gasteiger partial charge in [-0.25, -0.2) is 4.99 Å². The van der Waals surface area contributed by atoms with Crippen LogP contribution in [0.25, 0.3) is 0 Å². The van der Waals surface area contributed by atoms with E-state index in [1.54, 1.807) is 23.1 Å². The molecule has 0 unspecified atom stereocenters. The highest BCUT2D eigenvalue weighted by Gasteiger charge is 2.25. The molecule has 2 aromatic rings. The van der Waals surface area contributed by atoms with Crippen LogP contribution in [0.15, 0.2) is 29.3 Å². The van der Waals surface area contributed by atoms with Gasteiger partial charge in [0.05, 0.1) is 16.5 Å². The Morgan fingerprint density at radius 1 is 1.38 bits per heavy atom. The smallest absolute Gasteiger partial charge is 0.238 e. The molecule has 1 N–H and O–H groups in total. The quantitative estimate of drug-likeness (QED) is 0.779. The van der Waals surface area contributed by atoms with Crippen LogP contribution in [0.1, 0.15) is 34.9 Å². The van der Waals surface area contributed by atoms with Crippen LogP contribution in [0.3, 0.4) is 0 Å². The van der Waals surface area contributed by atoms with Crippen molar-refractivity contribution in [2.45, 2.75) is 37.2 Å². The van der Waals surface area contributed by atoms with Crippen molar-refractivity contribution < 1.29 is 4.79 Å². The number of rotatable bonds is 3. The van der Waals surface area contributed by atoms with Gasteiger partial charge in [-0.15, -0.1) is 11.3 Å². The van der Waals surface area contributed by atoms with E-state index in [4.69, 9.17) is 0 Å². The molecule has 0 bridgehead atoms. The van der Waals surface area contributed by atoms with Crippen molar-refractivity contribution in [2.24, 2.45) is 4.99 Å². The normalized spacial score (nSPS) is 16.2. The van der Waals surface area contributed by atoms with Crippen LogP contribution in [0.4, 0.5) is 10.7 Å². The molecule has 4 nitrogen and oxygen atoms in total. The Kier molecular flexibility index (Phi) is 5.07. The standard InChI is InChI=1S/C19H17N3OS3/c1-11(25-19-21-15-7-3-2-5-12(15)10-24-19)17(23)22-18-14(9-20)13-6-4-8-16(13)26-18/h2-3,5,7,11H,4,6,8,10H2,1H3,(H,22,23)/t11-/m0/s1. The Balaban J connectivity index is 1.45. The summed E-state index contributed by atoms with van der Waals surface area (Å²) in [5.74, 6) is 0.806. The molecule has 1 amide bonds. The van der Waals surface area contributed by atoms with Crippen molar-refractivity contribution in [3.8, 4) is 6.07 Å². The number of thioether (sulfide) groups is 2. The number of hydrogen-bond acceptors (Lipinski definition) is 6. The third-order valence-corrected chi connectivity index (χ3v) is 7.97. The van der Waals surface area contributed by atoms with Crippen LogP contribution >= 0.6 is 34.9 Å².